The van der Waals surface area contributed by atoms with E-state index in [1.165, 1.54) is 16.3 Å². The Balaban J connectivity index is 1.65. The molecule has 0 atom stereocenters. The van der Waals surface area contributed by atoms with E-state index in [9.17, 15) is 9.59 Å². The van der Waals surface area contributed by atoms with Crippen molar-refractivity contribution in [1.29, 1.82) is 0 Å². The zero-order chi connectivity index (χ0) is 22.5. The zero-order valence-electron chi connectivity index (χ0n) is 17.6. The van der Waals surface area contributed by atoms with Crippen LogP contribution in [0.2, 0.25) is 0 Å². The van der Waals surface area contributed by atoms with Crippen molar-refractivity contribution in [2.45, 2.75) is 6.92 Å². The van der Waals surface area contributed by atoms with Crippen molar-refractivity contribution in [3.63, 3.8) is 0 Å². The fraction of sp³-hybridized carbons (Fsp3) is 0.0800. The van der Waals surface area contributed by atoms with Crippen molar-refractivity contribution in [3.05, 3.63) is 101 Å². The molecule has 1 aromatic heterocycles. The van der Waals surface area contributed by atoms with Gasteiger partial charge in [-0.2, -0.15) is 5.01 Å². The lowest BCUT2D eigenvalue weighted by molar-refractivity contribution is 0.0887. The van der Waals surface area contributed by atoms with Gasteiger partial charge in [-0.3, -0.25) is 15.0 Å². The first-order valence-corrected chi connectivity index (χ1v) is 10.8. The lowest BCUT2D eigenvalue weighted by atomic mass is 10.1. The number of anilines is 1. The van der Waals surface area contributed by atoms with E-state index < -0.39 is 5.91 Å². The number of amides is 2. The Morgan fingerprint density at radius 3 is 2.25 bits per heavy atom. The molecule has 0 aliphatic carbocycles. The first-order valence-electron chi connectivity index (χ1n) is 9.92. The summed E-state index contributed by atoms with van der Waals surface area (Å²) in [6, 6.07) is 23.4. The van der Waals surface area contributed by atoms with Crippen LogP contribution in [0.3, 0.4) is 0 Å². The third-order valence-corrected chi connectivity index (χ3v) is 5.65. The zero-order valence-corrected chi connectivity index (χ0v) is 18.4. The van der Waals surface area contributed by atoms with Gasteiger partial charge >= 0.3 is 0 Å². The Kier molecular flexibility index (Phi) is 6.28. The molecule has 1 N–H and O–H groups in total. The standard InChI is InChI=1S/C25H21N3O3S/c1-17-8-10-18(11-9-17)22-16-32-25(26-22)28(24(30)20-6-4-3-5-7-20)27-23(29)19-12-14-21(31-2)15-13-19/h3-16H,1-2H3,(H,27,29). The summed E-state index contributed by atoms with van der Waals surface area (Å²) in [5.41, 5.74) is 6.36. The Bertz CT molecular complexity index is 1220. The number of methoxy groups -OCH3 is 1. The Labute approximate surface area is 190 Å². The lowest BCUT2D eigenvalue weighted by Gasteiger charge is -2.20. The molecular weight excluding hydrogens is 422 g/mol. The molecule has 0 bridgehead atoms. The van der Waals surface area contributed by atoms with E-state index >= 15 is 0 Å². The number of hydrogen-bond acceptors (Lipinski definition) is 5. The van der Waals surface area contributed by atoms with Crippen LogP contribution in [-0.2, 0) is 0 Å². The number of ether oxygens (including phenoxy) is 1. The predicted octanol–water partition coefficient (Wildman–Crippen LogP) is 5.12. The molecule has 0 unspecified atom stereocenters. The Morgan fingerprint density at radius 2 is 1.59 bits per heavy atom. The summed E-state index contributed by atoms with van der Waals surface area (Å²) in [4.78, 5) is 30.8. The lowest BCUT2D eigenvalue weighted by Crippen LogP contribution is -2.46. The molecule has 4 rings (SSSR count). The van der Waals surface area contributed by atoms with Crippen LogP contribution in [0.1, 0.15) is 26.3 Å². The third-order valence-electron chi connectivity index (χ3n) is 4.82. The molecule has 0 aliphatic rings. The van der Waals surface area contributed by atoms with Gasteiger partial charge in [0.15, 0.2) is 0 Å². The largest absolute Gasteiger partial charge is 0.497 e. The number of carbonyl (C=O) groups excluding carboxylic acids is 2. The average Bonchev–Trinajstić information content (AvgIpc) is 3.33. The monoisotopic (exact) mass is 443 g/mol. The number of nitrogens with one attached hydrogen (secondary N) is 1. The van der Waals surface area contributed by atoms with Crippen LogP contribution >= 0.6 is 11.3 Å². The first kappa shape index (κ1) is 21.3. The summed E-state index contributed by atoms with van der Waals surface area (Å²) >= 11 is 1.28. The van der Waals surface area contributed by atoms with Crippen molar-refractivity contribution in [2.24, 2.45) is 0 Å². The second-order valence-electron chi connectivity index (χ2n) is 7.06. The summed E-state index contributed by atoms with van der Waals surface area (Å²) in [6.45, 7) is 2.02. The van der Waals surface area contributed by atoms with Crippen molar-refractivity contribution < 1.29 is 14.3 Å². The predicted molar refractivity (Wildman–Crippen MR) is 126 cm³/mol. The van der Waals surface area contributed by atoms with Crippen LogP contribution in [0.25, 0.3) is 11.3 Å². The van der Waals surface area contributed by atoms with Crippen molar-refractivity contribution >= 4 is 28.3 Å². The van der Waals surface area contributed by atoms with E-state index in [1.807, 2.05) is 42.6 Å². The van der Waals surface area contributed by atoms with Crippen molar-refractivity contribution in [1.82, 2.24) is 10.4 Å². The van der Waals surface area contributed by atoms with Gasteiger partial charge in [0.1, 0.15) is 5.75 Å². The highest BCUT2D eigenvalue weighted by molar-refractivity contribution is 7.14. The number of carbonyl (C=O) groups is 2. The highest BCUT2D eigenvalue weighted by atomic mass is 32.1. The number of aryl methyl sites for hydroxylation is 1. The van der Waals surface area contributed by atoms with Gasteiger partial charge in [0.25, 0.3) is 11.8 Å². The molecular formula is C25H21N3O3S. The van der Waals surface area contributed by atoms with E-state index in [-0.39, 0.29) is 5.91 Å². The van der Waals surface area contributed by atoms with Crippen LogP contribution in [0.15, 0.2) is 84.2 Å². The topological polar surface area (TPSA) is 71.5 Å². The van der Waals surface area contributed by atoms with E-state index in [4.69, 9.17) is 4.74 Å². The molecule has 1 heterocycles. The smallest absolute Gasteiger partial charge is 0.279 e. The summed E-state index contributed by atoms with van der Waals surface area (Å²) in [5.74, 6) is -0.164. The van der Waals surface area contributed by atoms with Crippen LogP contribution in [0.4, 0.5) is 5.13 Å². The normalized spacial score (nSPS) is 10.4. The number of rotatable bonds is 5. The molecule has 7 heteroatoms. The number of nitrogens with zero attached hydrogens (tertiary/aromatic N) is 2. The molecule has 0 aliphatic heterocycles. The van der Waals surface area contributed by atoms with E-state index in [0.29, 0.717) is 22.0 Å². The maximum Gasteiger partial charge on any atom is 0.279 e. The van der Waals surface area contributed by atoms with E-state index in [0.717, 1.165) is 16.8 Å². The van der Waals surface area contributed by atoms with Gasteiger partial charge in [-0.15, -0.1) is 11.3 Å². The van der Waals surface area contributed by atoms with Crippen molar-refractivity contribution in [3.8, 4) is 17.0 Å². The fourth-order valence-electron chi connectivity index (χ4n) is 3.03. The molecule has 32 heavy (non-hydrogen) atoms. The number of benzene rings is 3. The van der Waals surface area contributed by atoms with Gasteiger partial charge in [-0.25, -0.2) is 4.98 Å². The molecule has 0 fully saturated rings. The molecule has 0 spiro atoms. The second-order valence-corrected chi connectivity index (χ2v) is 7.89. The highest BCUT2D eigenvalue weighted by Crippen LogP contribution is 2.28. The molecule has 3 aromatic carbocycles. The van der Waals surface area contributed by atoms with Crippen molar-refractivity contribution in [2.75, 3.05) is 12.1 Å². The molecule has 6 nitrogen and oxygen atoms in total. The average molecular weight is 444 g/mol. The van der Waals surface area contributed by atoms with Gasteiger partial charge < -0.3 is 4.74 Å². The molecule has 0 saturated heterocycles. The summed E-state index contributed by atoms with van der Waals surface area (Å²) in [7, 11) is 1.56. The van der Waals surface area contributed by atoms with Gasteiger partial charge in [0.2, 0.25) is 5.13 Å². The highest BCUT2D eigenvalue weighted by Gasteiger charge is 2.24. The second kappa shape index (κ2) is 9.45. The molecule has 0 radical (unpaired) electrons. The van der Waals surface area contributed by atoms with Crippen LogP contribution in [0, 0.1) is 6.92 Å². The maximum absolute atomic E-state index is 13.3. The van der Waals surface area contributed by atoms with Gasteiger partial charge in [0, 0.05) is 22.1 Å². The number of hydrazine groups is 1. The van der Waals surface area contributed by atoms with E-state index in [1.54, 1.807) is 55.6 Å². The quantitative estimate of drug-likeness (QED) is 0.435. The number of aromatic nitrogens is 1. The van der Waals surface area contributed by atoms with E-state index in [2.05, 4.69) is 10.4 Å². The summed E-state index contributed by atoms with van der Waals surface area (Å²) in [6.07, 6.45) is 0. The fourth-order valence-corrected chi connectivity index (χ4v) is 3.82. The molecule has 2 amide bonds. The summed E-state index contributed by atoms with van der Waals surface area (Å²) in [5, 5.41) is 3.44. The Hall–Kier alpha value is -3.97. The van der Waals surface area contributed by atoms with Crippen LogP contribution in [-0.4, -0.2) is 23.9 Å². The number of hydrogen-bond donors (Lipinski definition) is 1. The molecule has 160 valence electrons. The van der Waals surface area contributed by atoms with Gasteiger partial charge in [-0.1, -0.05) is 48.0 Å². The Morgan fingerprint density at radius 1 is 0.906 bits per heavy atom. The van der Waals surface area contributed by atoms with Gasteiger partial charge in [-0.05, 0) is 43.3 Å². The SMILES string of the molecule is COc1ccc(C(=O)NN(C(=O)c2ccccc2)c2nc(-c3ccc(C)cc3)cs2)cc1. The molecule has 0 saturated carbocycles. The van der Waals surface area contributed by atoms with Gasteiger partial charge in [0.05, 0.1) is 12.8 Å². The summed E-state index contributed by atoms with van der Waals surface area (Å²) < 4.78 is 5.14. The minimum absolute atomic E-state index is 0.372. The minimum atomic E-state index is -0.427. The van der Waals surface area contributed by atoms with Crippen LogP contribution < -0.4 is 15.2 Å². The number of thiazole rings is 1. The molecule has 4 aromatic rings. The maximum atomic E-state index is 13.3. The third kappa shape index (κ3) is 4.68. The first-order chi connectivity index (χ1) is 15.5. The minimum Gasteiger partial charge on any atom is -0.497 e. The van der Waals surface area contributed by atoms with Crippen LogP contribution in [0.5, 0.6) is 5.75 Å².